The molecule has 0 atom stereocenters. The van der Waals surface area contributed by atoms with Crippen molar-refractivity contribution < 1.29 is 40.2 Å². The largest absolute Gasteiger partial charge is 0.453 e. The molecule has 0 bridgehead atoms. The predicted molar refractivity (Wildman–Crippen MR) is 152 cm³/mol. The third-order valence-electron chi connectivity index (χ3n) is 8.94. The Kier molecular flexibility index (Phi) is 11.6. The molecule has 43 heavy (non-hydrogen) atoms. The maximum absolute atomic E-state index is 14.7. The van der Waals surface area contributed by atoms with E-state index in [1.165, 1.54) is 70.3 Å². The number of benzene rings is 2. The van der Waals surface area contributed by atoms with Crippen LogP contribution in [0.5, 0.6) is 11.5 Å². The van der Waals surface area contributed by atoms with Crippen LogP contribution in [0.4, 0.5) is 30.7 Å². The van der Waals surface area contributed by atoms with Gasteiger partial charge in [0.2, 0.25) is 0 Å². The molecule has 0 aromatic heterocycles. The van der Waals surface area contributed by atoms with Crippen molar-refractivity contribution in [3.05, 3.63) is 77.3 Å². The minimum absolute atomic E-state index is 0.200. The monoisotopic (exact) mass is 612 g/mol. The van der Waals surface area contributed by atoms with E-state index >= 15 is 0 Å². The van der Waals surface area contributed by atoms with Crippen LogP contribution >= 0.6 is 0 Å². The van der Waals surface area contributed by atoms with Gasteiger partial charge in [0, 0.05) is 12.1 Å². The molecule has 2 aliphatic rings. The Morgan fingerprint density at radius 2 is 1.47 bits per heavy atom. The standard InChI is InChI=1S/C34H39F7O2/c1-2-3-4-5-22-8-13-25(14-9-22)26-15-10-23(11-16-26)6-7-24-12-17-28(29(35)18-24)34(40,41)43-27-19-30(36)33(31(37)20-27)42-21-32(38)39/h6-7,12,17-23,25-26H,2-5,8-11,13-16H2,1H3/b7-6+. The van der Waals surface area contributed by atoms with Crippen LogP contribution in [0.15, 0.2) is 48.8 Å². The highest BCUT2D eigenvalue weighted by Gasteiger charge is 2.38. The fourth-order valence-electron chi connectivity index (χ4n) is 6.57. The maximum Gasteiger partial charge on any atom is 0.429 e. The molecule has 2 nitrogen and oxygen atoms in total. The van der Waals surface area contributed by atoms with Gasteiger partial charge in [0.1, 0.15) is 11.6 Å². The van der Waals surface area contributed by atoms with Crippen LogP contribution in [-0.2, 0) is 6.11 Å². The molecule has 2 aliphatic carbocycles. The predicted octanol–water partition coefficient (Wildman–Crippen LogP) is 11.6. The van der Waals surface area contributed by atoms with Crippen molar-refractivity contribution in [1.82, 2.24) is 0 Å². The van der Waals surface area contributed by atoms with E-state index in [9.17, 15) is 30.7 Å². The van der Waals surface area contributed by atoms with Crippen molar-refractivity contribution in [1.29, 1.82) is 0 Å². The second kappa shape index (κ2) is 15.2. The van der Waals surface area contributed by atoms with Crippen molar-refractivity contribution in [3.63, 3.8) is 0 Å². The molecule has 0 N–H and O–H groups in total. The fourth-order valence-corrected chi connectivity index (χ4v) is 6.57. The van der Waals surface area contributed by atoms with Gasteiger partial charge in [-0.25, -0.2) is 13.2 Å². The zero-order valence-electron chi connectivity index (χ0n) is 24.4. The van der Waals surface area contributed by atoms with Gasteiger partial charge in [-0.3, -0.25) is 0 Å². The summed E-state index contributed by atoms with van der Waals surface area (Å²) in [7, 11) is 0. The van der Waals surface area contributed by atoms with Gasteiger partial charge in [0.05, 0.1) is 5.56 Å². The van der Waals surface area contributed by atoms with Crippen molar-refractivity contribution in [3.8, 4) is 11.5 Å². The molecule has 0 aliphatic heterocycles. The lowest BCUT2D eigenvalue weighted by molar-refractivity contribution is -0.187. The second-order valence-corrected chi connectivity index (χ2v) is 11.9. The summed E-state index contributed by atoms with van der Waals surface area (Å²) in [5.41, 5.74) is -0.707. The van der Waals surface area contributed by atoms with Crippen LogP contribution in [0.1, 0.15) is 95.1 Å². The number of alkyl halides is 2. The quantitative estimate of drug-likeness (QED) is 0.135. The maximum atomic E-state index is 14.7. The van der Waals surface area contributed by atoms with E-state index in [0.29, 0.717) is 23.6 Å². The molecule has 0 amide bonds. The molecule has 2 saturated carbocycles. The zero-order valence-corrected chi connectivity index (χ0v) is 24.4. The van der Waals surface area contributed by atoms with Crippen molar-refractivity contribution in [2.45, 2.75) is 90.1 Å². The molecular weight excluding hydrogens is 573 g/mol. The van der Waals surface area contributed by atoms with Crippen LogP contribution in [0.25, 0.3) is 6.08 Å². The molecule has 236 valence electrons. The van der Waals surface area contributed by atoms with Crippen LogP contribution in [0.3, 0.4) is 0 Å². The lowest BCUT2D eigenvalue weighted by atomic mass is 9.68. The summed E-state index contributed by atoms with van der Waals surface area (Å²) >= 11 is 0. The number of hydrogen-bond donors (Lipinski definition) is 0. The Morgan fingerprint density at radius 1 is 0.837 bits per heavy atom. The minimum atomic E-state index is -4.27. The normalized spacial score (nSPS) is 22.9. The number of hydrogen-bond acceptors (Lipinski definition) is 2. The number of unbranched alkanes of at least 4 members (excludes halogenated alkanes) is 2. The molecule has 4 rings (SSSR count). The molecule has 2 aromatic carbocycles. The lowest BCUT2D eigenvalue weighted by Crippen LogP contribution is -2.25. The average Bonchev–Trinajstić information content (AvgIpc) is 2.96. The highest BCUT2D eigenvalue weighted by atomic mass is 19.3. The molecule has 0 radical (unpaired) electrons. The second-order valence-electron chi connectivity index (χ2n) is 11.9. The van der Waals surface area contributed by atoms with E-state index in [1.54, 1.807) is 6.08 Å². The van der Waals surface area contributed by atoms with E-state index in [1.807, 2.05) is 6.08 Å². The summed E-state index contributed by atoms with van der Waals surface area (Å²) < 4.78 is 105. The number of rotatable bonds is 12. The SMILES string of the molecule is CCCCCC1CCC(C2CCC(/C=C/c3ccc(C(F)(F)Oc4cc(F)c(OC=C(F)F)c(F)c4)c(F)c3)CC2)CC1. The topological polar surface area (TPSA) is 18.5 Å². The fraction of sp³-hybridized carbons (Fsp3) is 0.529. The smallest absolute Gasteiger partial charge is 0.429 e. The molecule has 0 heterocycles. The van der Waals surface area contributed by atoms with E-state index < -0.39 is 46.7 Å². The average molecular weight is 613 g/mol. The van der Waals surface area contributed by atoms with E-state index in [-0.39, 0.29) is 6.26 Å². The van der Waals surface area contributed by atoms with Crippen molar-refractivity contribution in [2.75, 3.05) is 0 Å². The van der Waals surface area contributed by atoms with E-state index in [4.69, 9.17) is 0 Å². The Bertz CT molecular complexity index is 1230. The van der Waals surface area contributed by atoms with Gasteiger partial charge < -0.3 is 9.47 Å². The summed E-state index contributed by atoms with van der Waals surface area (Å²) in [4.78, 5) is 0. The van der Waals surface area contributed by atoms with Gasteiger partial charge in [0.25, 0.3) is 0 Å². The van der Waals surface area contributed by atoms with Gasteiger partial charge in [0.15, 0.2) is 23.6 Å². The van der Waals surface area contributed by atoms with Gasteiger partial charge in [-0.1, -0.05) is 63.7 Å². The molecule has 0 saturated heterocycles. The molecule has 9 heteroatoms. The highest BCUT2D eigenvalue weighted by molar-refractivity contribution is 5.51. The van der Waals surface area contributed by atoms with Gasteiger partial charge in [-0.2, -0.15) is 17.6 Å². The number of allylic oxidation sites excluding steroid dienone is 1. The zero-order chi connectivity index (χ0) is 31.0. The minimum Gasteiger partial charge on any atom is -0.453 e. The third-order valence-corrected chi connectivity index (χ3v) is 8.94. The molecular formula is C34H39F7O2. The Morgan fingerprint density at radius 3 is 2.05 bits per heavy atom. The molecule has 0 unspecified atom stereocenters. The van der Waals surface area contributed by atoms with E-state index in [0.717, 1.165) is 42.7 Å². The van der Waals surface area contributed by atoms with Crippen LogP contribution in [0.2, 0.25) is 0 Å². The van der Waals surface area contributed by atoms with Crippen molar-refractivity contribution >= 4 is 6.08 Å². The Balaban J connectivity index is 1.29. The Labute approximate surface area is 249 Å². The summed E-state index contributed by atoms with van der Waals surface area (Å²) in [5.74, 6) is -3.71. The first-order valence-electron chi connectivity index (χ1n) is 15.3. The summed E-state index contributed by atoms with van der Waals surface area (Å²) in [6, 6.07) is 3.82. The number of ether oxygens (including phenoxy) is 2. The van der Waals surface area contributed by atoms with Crippen LogP contribution < -0.4 is 9.47 Å². The van der Waals surface area contributed by atoms with Crippen LogP contribution in [0, 0.1) is 41.1 Å². The Hall–Kier alpha value is -2.97. The first-order valence-corrected chi connectivity index (χ1v) is 15.3. The van der Waals surface area contributed by atoms with Gasteiger partial charge in [-0.05, 0) is 79.9 Å². The van der Waals surface area contributed by atoms with Crippen LogP contribution in [-0.4, -0.2) is 0 Å². The summed E-state index contributed by atoms with van der Waals surface area (Å²) in [6.45, 7) is 2.25. The van der Waals surface area contributed by atoms with E-state index in [2.05, 4.69) is 16.4 Å². The lowest BCUT2D eigenvalue weighted by Gasteiger charge is -2.37. The first kappa shape index (κ1) is 32.9. The highest BCUT2D eigenvalue weighted by Crippen LogP contribution is 2.43. The molecule has 0 spiro atoms. The summed E-state index contributed by atoms with van der Waals surface area (Å²) in [6.07, 6.45) is 12.1. The number of halogens is 7. The van der Waals surface area contributed by atoms with Gasteiger partial charge >= 0.3 is 12.2 Å². The van der Waals surface area contributed by atoms with Gasteiger partial charge in [-0.15, -0.1) is 0 Å². The molecule has 2 fully saturated rings. The summed E-state index contributed by atoms with van der Waals surface area (Å²) in [5, 5.41) is 0. The molecule has 2 aromatic rings. The third kappa shape index (κ3) is 9.26. The van der Waals surface area contributed by atoms with Crippen molar-refractivity contribution in [2.24, 2.45) is 23.7 Å². The first-order chi connectivity index (χ1) is 20.6.